The number of furan rings is 1. The molecule has 2 aromatic heterocycles. The Morgan fingerprint density at radius 3 is 2.81 bits per heavy atom. The molecule has 0 atom stereocenters. The number of carbonyl (C=O) groups is 1. The maximum Gasteiger partial charge on any atom is 0.356 e. The van der Waals surface area contributed by atoms with E-state index in [1.54, 1.807) is 18.2 Å². The number of halogens is 2. The van der Waals surface area contributed by atoms with Gasteiger partial charge in [0.2, 0.25) is 0 Å². The predicted molar refractivity (Wildman–Crippen MR) is 79.9 cm³/mol. The number of rotatable bonds is 2. The van der Waals surface area contributed by atoms with E-state index in [2.05, 4.69) is 14.9 Å². The van der Waals surface area contributed by atoms with Crippen molar-refractivity contribution in [3.8, 4) is 11.5 Å². The minimum Gasteiger partial charge on any atom is -0.464 e. The van der Waals surface area contributed by atoms with Crippen LogP contribution in [0.4, 0.5) is 0 Å². The van der Waals surface area contributed by atoms with E-state index in [1.165, 1.54) is 7.11 Å². The van der Waals surface area contributed by atoms with Gasteiger partial charge in [-0.2, -0.15) is 5.10 Å². The van der Waals surface area contributed by atoms with Crippen molar-refractivity contribution >= 4 is 40.1 Å². The zero-order valence-corrected chi connectivity index (χ0v) is 12.7. The molecule has 0 fully saturated rings. The summed E-state index contributed by atoms with van der Waals surface area (Å²) < 4.78 is 10.4. The highest BCUT2D eigenvalue weighted by atomic mass is 35.5. The Morgan fingerprint density at radius 1 is 1.33 bits per heavy atom. The summed E-state index contributed by atoms with van der Waals surface area (Å²) in [5.74, 6) is 0.0316. The molecule has 108 valence electrons. The molecule has 0 amide bonds. The van der Waals surface area contributed by atoms with Crippen LogP contribution >= 0.6 is 23.2 Å². The highest BCUT2D eigenvalue weighted by Gasteiger charge is 2.19. The standard InChI is InChI=1S/C14H10Cl2N2O3/c1-6-8-3-7(15)4-9(16)13(8)21-12(6)10-5-11(18-17-10)14(19)20-2/h3-5H,1-2H3,(H,17,18). The topological polar surface area (TPSA) is 68.1 Å². The van der Waals surface area contributed by atoms with E-state index in [4.69, 9.17) is 27.6 Å². The number of nitrogens with one attached hydrogen (secondary N) is 1. The lowest BCUT2D eigenvalue weighted by atomic mass is 10.1. The Balaban J connectivity index is 2.17. The molecule has 2 heterocycles. The van der Waals surface area contributed by atoms with Crippen LogP contribution in [0.1, 0.15) is 16.1 Å². The van der Waals surface area contributed by atoms with E-state index in [-0.39, 0.29) is 5.69 Å². The lowest BCUT2D eigenvalue weighted by Gasteiger charge is -1.94. The van der Waals surface area contributed by atoms with Gasteiger partial charge in [-0.25, -0.2) is 4.79 Å². The van der Waals surface area contributed by atoms with Gasteiger partial charge in [0.1, 0.15) is 11.4 Å². The molecule has 0 saturated carbocycles. The van der Waals surface area contributed by atoms with Crippen molar-refractivity contribution in [2.75, 3.05) is 7.11 Å². The number of aromatic nitrogens is 2. The molecule has 0 aliphatic carbocycles. The smallest absolute Gasteiger partial charge is 0.356 e. The third-order valence-electron chi connectivity index (χ3n) is 3.17. The molecule has 0 bridgehead atoms. The first-order valence-corrected chi connectivity index (χ1v) is 6.79. The van der Waals surface area contributed by atoms with Crippen LogP contribution in [-0.4, -0.2) is 23.3 Å². The third-order valence-corrected chi connectivity index (χ3v) is 3.67. The Hall–Kier alpha value is -1.98. The van der Waals surface area contributed by atoms with Crippen molar-refractivity contribution < 1.29 is 13.9 Å². The predicted octanol–water partition coefficient (Wildman–Crippen LogP) is 4.22. The zero-order chi connectivity index (χ0) is 15.1. The zero-order valence-electron chi connectivity index (χ0n) is 11.2. The van der Waals surface area contributed by atoms with Gasteiger partial charge in [0.25, 0.3) is 0 Å². The number of H-pyrrole nitrogens is 1. The quantitative estimate of drug-likeness (QED) is 0.716. The number of methoxy groups -OCH3 is 1. The van der Waals surface area contributed by atoms with Gasteiger partial charge in [-0.1, -0.05) is 23.2 Å². The van der Waals surface area contributed by atoms with Crippen LogP contribution in [-0.2, 0) is 4.74 Å². The largest absolute Gasteiger partial charge is 0.464 e. The second-order valence-electron chi connectivity index (χ2n) is 4.48. The molecule has 0 unspecified atom stereocenters. The van der Waals surface area contributed by atoms with Crippen LogP contribution in [0, 0.1) is 6.92 Å². The Labute approximate surface area is 129 Å². The summed E-state index contributed by atoms with van der Waals surface area (Å²) >= 11 is 12.1. The molecule has 5 nitrogen and oxygen atoms in total. The fourth-order valence-corrected chi connectivity index (χ4v) is 2.67. The number of nitrogens with zero attached hydrogens (tertiary/aromatic N) is 1. The van der Waals surface area contributed by atoms with E-state index >= 15 is 0 Å². The Kier molecular flexibility index (Phi) is 3.39. The van der Waals surface area contributed by atoms with E-state index in [1.807, 2.05) is 6.92 Å². The fourth-order valence-electron chi connectivity index (χ4n) is 2.14. The lowest BCUT2D eigenvalue weighted by Crippen LogP contribution is -2.00. The van der Waals surface area contributed by atoms with E-state index in [0.717, 1.165) is 10.9 Å². The summed E-state index contributed by atoms with van der Waals surface area (Å²) in [4.78, 5) is 11.5. The molecule has 3 aromatic rings. The fraction of sp³-hybridized carbons (Fsp3) is 0.143. The molecule has 0 saturated heterocycles. The second kappa shape index (κ2) is 5.09. The van der Waals surface area contributed by atoms with Gasteiger partial charge in [0.05, 0.1) is 12.1 Å². The van der Waals surface area contributed by atoms with Crippen molar-refractivity contribution in [1.82, 2.24) is 10.2 Å². The average molecular weight is 325 g/mol. The molecule has 0 aliphatic rings. The molecule has 7 heteroatoms. The van der Waals surface area contributed by atoms with Gasteiger partial charge in [-0.3, -0.25) is 5.10 Å². The van der Waals surface area contributed by atoms with E-state index in [9.17, 15) is 4.79 Å². The molecule has 21 heavy (non-hydrogen) atoms. The van der Waals surface area contributed by atoms with Crippen LogP contribution in [0.3, 0.4) is 0 Å². The van der Waals surface area contributed by atoms with Crippen LogP contribution in [0.15, 0.2) is 22.6 Å². The number of fused-ring (bicyclic) bond motifs is 1. The summed E-state index contributed by atoms with van der Waals surface area (Å²) in [5, 5.41) is 8.44. The highest BCUT2D eigenvalue weighted by Crippen LogP contribution is 2.37. The van der Waals surface area contributed by atoms with Crippen molar-refractivity contribution in [1.29, 1.82) is 0 Å². The molecule has 1 N–H and O–H groups in total. The first-order chi connectivity index (χ1) is 10.0. The molecule has 0 radical (unpaired) electrons. The minimum atomic E-state index is -0.497. The maximum absolute atomic E-state index is 11.5. The van der Waals surface area contributed by atoms with Gasteiger partial charge in [-0.15, -0.1) is 0 Å². The van der Waals surface area contributed by atoms with Crippen molar-refractivity contribution in [3.63, 3.8) is 0 Å². The number of benzene rings is 1. The molecule has 3 rings (SSSR count). The van der Waals surface area contributed by atoms with E-state index < -0.39 is 5.97 Å². The van der Waals surface area contributed by atoms with Crippen LogP contribution in [0.25, 0.3) is 22.4 Å². The monoisotopic (exact) mass is 324 g/mol. The highest BCUT2D eigenvalue weighted by molar-refractivity contribution is 6.38. The maximum atomic E-state index is 11.5. The lowest BCUT2D eigenvalue weighted by molar-refractivity contribution is 0.0594. The van der Waals surface area contributed by atoms with Crippen LogP contribution in [0.2, 0.25) is 10.0 Å². The summed E-state index contributed by atoms with van der Waals surface area (Å²) in [7, 11) is 1.30. The van der Waals surface area contributed by atoms with Crippen LogP contribution < -0.4 is 0 Å². The summed E-state index contributed by atoms with van der Waals surface area (Å²) in [5.41, 5.74) is 2.13. The van der Waals surface area contributed by atoms with Crippen LogP contribution in [0.5, 0.6) is 0 Å². The average Bonchev–Trinajstić information content (AvgIpc) is 3.04. The van der Waals surface area contributed by atoms with Crippen molar-refractivity contribution in [2.45, 2.75) is 6.92 Å². The molecule has 1 aromatic carbocycles. The number of aromatic amines is 1. The summed E-state index contributed by atoms with van der Waals surface area (Å²) in [6, 6.07) is 4.95. The third kappa shape index (κ3) is 2.28. The Bertz CT molecular complexity index is 851. The van der Waals surface area contributed by atoms with Gasteiger partial charge in [-0.05, 0) is 19.1 Å². The number of hydrogen-bond acceptors (Lipinski definition) is 4. The Morgan fingerprint density at radius 2 is 2.10 bits per heavy atom. The number of carbonyl (C=O) groups excluding carboxylic acids is 1. The number of ether oxygens (including phenoxy) is 1. The second-order valence-corrected chi connectivity index (χ2v) is 5.32. The number of hydrogen-bond donors (Lipinski definition) is 1. The SMILES string of the molecule is COC(=O)c1cc(-c2oc3c(Cl)cc(Cl)cc3c2C)n[nH]1. The van der Waals surface area contributed by atoms with Gasteiger partial charge in [0.15, 0.2) is 11.3 Å². The number of aryl methyl sites for hydroxylation is 1. The molecular formula is C14H10Cl2N2O3. The molecule has 0 aliphatic heterocycles. The van der Waals surface area contributed by atoms with Gasteiger partial charge < -0.3 is 9.15 Å². The first kappa shape index (κ1) is 14.0. The first-order valence-electron chi connectivity index (χ1n) is 6.03. The summed E-state index contributed by atoms with van der Waals surface area (Å²) in [6.45, 7) is 1.88. The normalized spacial score (nSPS) is 11.0. The minimum absolute atomic E-state index is 0.247. The molecule has 0 spiro atoms. The van der Waals surface area contributed by atoms with Crippen molar-refractivity contribution in [3.05, 3.63) is 39.5 Å². The van der Waals surface area contributed by atoms with Gasteiger partial charge in [0, 0.05) is 22.0 Å². The molecular weight excluding hydrogens is 315 g/mol. The summed E-state index contributed by atoms with van der Waals surface area (Å²) in [6.07, 6.45) is 0. The number of esters is 1. The van der Waals surface area contributed by atoms with E-state index in [0.29, 0.717) is 27.1 Å². The van der Waals surface area contributed by atoms with Gasteiger partial charge >= 0.3 is 5.97 Å². The van der Waals surface area contributed by atoms with Crippen molar-refractivity contribution in [2.24, 2.45) is 0 Å².